The molecule has 0 aliphatic heterocycles. The minimum absolute atomic E-state index is 0. The topological polar surface area (TPSA) is 109 Å². The maximum atomic E-state index is 10.6. The fraction of sp³-hybridized carbons (Fsp3) is 0. The third-order valence-corrected chi connectivity index (χ3v) is 1.34. The molecular formula is C6H3KN2O5. The van der Waals surface area contributed by atoms with Gasteiger partial charge < -0.3 is 5.11 Å². The quantitative estimate of drug-likeness (QED) is 0.314. The average Bonchev–Trinajstić information content (AvgIpc) is 2.03. The van der Waals surface area contributed by atoms with Crippen molar-refractivity contribution in [1.82, 2.24) is 0 Å². The zero-order chi connectivity index (χ0) is 10.0. The van der Waals surface area contributed by atoms with Gasteiger partial charge in [-0.05, 0) is 0 Å². The molecule has 0 saturated carbocycles. The fourth-order valence-corrected chi connectivity index (χ4v) is 0.804. The molecule has 0 aliphatic rings. The first kappa shape index (κ1) is 13.5. The van der Waals surface area contributed by atoms with E-state index in [1.54, 1.807) is 0 Å². The van der Waals surface area contributed by atoms with Crippen LogP contribution >= 0.6 is 0 Å². The fourth-order valence-electron chi connectivity index (χ4n) is 0.804. The first-order chi connectivity index (χ1) is 6.02. The van der Waals surface area contributed by atoms with E-state index in [1.807, 2.05) is 0 Å². The molecule has 0 spiro atoms. The van der Waals surface area contributed by atoms with Crippen LogP contribution in [0.3, 0.4) is 0 Å². The molecule has 0 aromatic heterocycles. The Labute approximate surface area is 120 Å². The van der Waals surface area contributed by atoms with E-state index in [4.69, 9.17) is 0 Å². The summed E-state index contributed by atoms with van der Waals surface area (Å²) in [6, 6.07) is 2.35. The minimum atomic E-state index is -0.959. The molecule has 68 valence electrons. The van der Waals surface area contributed by atoms with Gasteiger partial charge in [0.25, 0.3) is 0 Å². The zero-order valence-electron chi connectivity index (χ0n) is 7.17. The van der Waals surface area contributed by atoms with Crippen molar-refractivity contribution < 1.29 is 66.3 Å². The molecule has 0 atom stereocenters. The smallest absolute Gasteiger partial charge is 0.872 e. The van der Waals surface area contributed by atoms with Gasteiger partial charge in [-0.15, -0.1) is 5.75 Å². The van der Waals surface area contributed by atoms with Crippen LogP contribution in [0.2, 0.25) is 0 Å². The van der Waals surface area contributed by atoms with Crippen molar-refractivity contribution in [2.45, 2.75) is 0 Å². The Balaban J connectivity index is 0.00000169. The normalized spacial score (nSPS) is 8.86. The molecule has 0 bridgehead atoms. The molecule has 8 heteroatoms. The van der Waals surface area contributed by atoms with E-state index >= 15 is 0 Å². The molecule has 0 unspecified atom stereocenters. The number of nitro groups is 2. The summed E-state index contributed by atoms with van der Waals surface area (Å²) in [6.45, 7) is 0. The van der Waals surface area contributed by atoms with E-state index in [0.29, 0.717) is 6.07 Å². The Hall–Kier alpha value is -0.544. The molecule has 0 aliphatic carbocycles. The van der Waals surface area contributed by atoms with Crippen molar-refractivity contribution in [2.75, 3.05) is 0 Å². The molecule has 7 nitrogen and oxygen atoms in total. The summed E-state index contributed by atoms with van der Waals surface area (Å²) in [5.41, 5.74) is -1.46. The summed E-state index contributed by atoms with van der Waals surface area (Å²) in [4.78, 5) is 18.6. The molecule has 0 amide bonds. The molecule has 0 saturated heterocycles. The summed E-state index contributed by atoms with van der Waals surface area (Å²) in [5, 5.41) is 31.1. The van der Waals surface area contributed by atoms with Crippen molar-refractivity contribution in [3.63, 3.8) is 0 Å². The van der Waals surface area contributed by atoms with Gasteiger partial charge in [-0.3, -0.25) is 20.2 Å². The van der Waals surface area contributed by atoms with Gasteiger partial charge in [-0.1, -0.05) is 6.07 Å². The summed E-state index contributed by atoms with van der Waals surface area (Å²) in [6.07, 6.45) is 0. The zero-order valence-corrected chi connectivity index (χ0v) is 10.3. The molecule has 0 radical (unpaired) electrons. The van der Waals surface area contributed by atoms with Crippen molar-refractivity contribution in [3.8, 4) is 5.75 Å². The van der Waals surface area contributed by atoms with Crippen molar-refractivity contribution in [2.24, 2.45) is 0 Å². The summed E-state index contributed by atoms with van der Waals surface area (Å²) in [5.74, 6) is -0.627. The monoisotopic (exact) mass is 222 g/mol. The van der Waals surface area contributed by atoms with E-state index in [2.05, 4.69) is 0 Å². The van der Waals surface area contributed by atoms with Crippen LogP contribution in [0.4, 0.5) is 11.4 Å². The van der Waals surface area contributed by atoms with Gasteiger partial charge in [0, 0.05) is 12.1 Å². The van der Waals surface area contributed by atoms with E-state index in [-0.39, 0.29) is 51.4 Å². The summed E-state index contributed by atoms with van der Waals surface area (Å²) in [7, 11) is 0. The van der Waals surface area contributed by atoms with E-state index in [1.165, 1.54) is 0 Å². The van der Waals surface area contributed by atoms with Crippen LogP contribution in [-0.2, 0) is 0 Å². The van der Waals surface area contributed by atoms with Crippen LogP contribution in [0.25, 0.3) is 0 Å². The van der Waals surface area contributed by atoms with Crippen molar-refractivity contribution in [1.29, 1.82) is 0 Å². The van der Waals surface area contributed by atoms with Gasteiger partial charge in [0.2, 0.25) is 0 Å². The Kier molecular flexibility index (Phi) is 5.16. The molecule has 1 rings (SSSR count). The Morgan fingerprint density at radius 2 is 1.50 bits per heavy atom. The number of nitro benzene ring substituents is 2. The van der Waals surface area contributed by atoms with Crippen LogP contribution < -0.4 is 56.5 Å². The van der Waals surface area contributed by atoms with E-state index in [9.17, 15) is 25.3 Å². The van der Waals surface area contributed by atoms with E-state index in [0.717, 1.165) is 12.1 Å². The number of rotatable bonds is 2. The Bertz CT molecular complexity index is 380. The SMILES string of the molecule is O=[N+]([O-])c1ccc([O-])cc1[N+](=O)[O-].[K+]. The third-order valence-electron chi connectivity index (χ3n) is 1.34. The maximum absolute atomic E-state index is 10.6. The van der Waals surface area contributed by atoms with Crippen molar-refractivity contribution in [3.05, 3.63) is 38.4 Å². The van der Waals surface area contributed by atoms with Crippen molar-refractivity contribution >= 4 is 11.4 Å². The largest absolute Gasteiger partial charge is 1.00 e. The maximum Gasteiger partial charge on any atom is 1.00 e. The van der Waals surface area contributed by atoms with Gasteiger partial charge >= 0.3 is 62.8 Å². The second-order valence-electron chi connectivity index (χ2n) is 2.16. The average molecular weight is 222 g/mol. The Morgan fingerprint density at radius 3 is 1.93 bits per heavy atom. The van der Waals surface area contributed by atoms with Gasteiger partial charge in [0.05, 0.1) is 9.85 Å². The molecule has 0 N–H and O–H groups in total. The van der Waals surface area contributed by atoms with Crippen LogP contribution in [-0.4, -0.2) is 9.85 Å². The molecule has 1 aromatic carbocycles. The van der Waals surface area contributed by atoms with E-state index < -0.39 is 27.0 Å². The first-order valence-electron chi connectivity index (χ1n) is 3.12. The number of hydrogen-bond donors (Lipinski definition) is 0. The molecule has 1 aromatic rings. The minimum Gasteiger partial charge on any atom is -0.872 e. The number of hydrogen-bond acceptors (Lipinski definition) is 5. The standard InChI is InChI=1S/C6H4N2O5.K/c9-4-1-2-5(7(10)11)6(3-4)8(12)13;/h1-3,9H;/q;+1/p-1. The van der Waals surface area contributed by atoms with Crippen LogP contribution in [0.1, 0.15) is 0 Å². The molecule has 0 heterocycles. The predicted octanol–water partition coefficient (Wildman–Crippen LogP) is -2.42. The molecule has 0 fully saturated rings. The third kappa shape index (κ3) is 2.99. The van der Waals surface area contributed by atoms with Gasteiger partial charge in [0.15, 0.2) is 0 Å². The predicted molar refractivity (Wildman–Crippen MR) is 39.2 cm³/mol. The van der Waals surface area contributed by atoms with Gasteiger partial charge in [-0.2, -0.15) is 0 Å². The Morgan fingerprint density at radius 1 is 1.00 bits per heavy atom. The molecular weight excluding hydrogens is 219 g/mol. The summed E-state index contributed by atoms with van der Waals surface area (Å²) >= 11 is 0. The van der Waals surface area contributed by atoms with Gasteiger partial charge in [-0.25, -0.2) is 0 Å². The summed E-state index contributed by atoms with van der Waals surface area (Å²) < 4.78 is 0. The van der Waals surface area contributed by atoms with Crippen LogP contribution in [0, 0.1) is 20.2 Å². The molecule has 14 heavy (non-hydrogen) atoms. The number of nitrogens with zero attached hydrogens (tertiary/aromatic N) is 2. The van der Waals surface area contributed by atoms with Crippen LogP contribution in [0.5, 0.6) is 5.75 Å². The first-order valence-corrected chi connectivity index (χ1v) is 3.12. The van der Waals surface area contributed by atoms with Gasteiger partial charge in [0.1, 0.15) is 0 Å². The second-order valence-corrected chi connectivity index (χ2v) is 2.16. The van der Waals surface area contributed by atoms with Crippen LogP contribution in [0.15, 0.2) is 18.2 Å². The second kappa shape index (κ2) is 5.37. The number of benzene rings is 1.